The third-order valence-corrected chi connectivity index (χ3v) is 6.88. The van der Waals surface area contributed by atoms with E-state index in [1.165, 1.54) is 19.5 Å². The van der Waals surface area contributed by atoms with E-state index in [1.807, 2.05) is 0 Å². The van der Waals surface area contributed by atoms with Crippen LogP contribution in [0.25, 0.3) is 22.6 Å². The van der Waals surface area contributed by atoms with Crippen LogP contribution in [0.1, 0.15) is 38.2 Å². The number of carbonyl (C=O) groups is 1. The normalized spacial score (nSPS) is 16.4. The maximum Gasteiger partial charge on any atom is 0.415 e. The lowest BCUT2D eigenvalue weighted by Crippen LogP contribution is -2.45. The van der Waals surface area contributed by atoms with E-state index in [0.29, 0.717) is 52.3 Å². The highest BCUT2D eigenvalue weighted by atomic mass is 35.5. The highest BCUT2D eigenvalue weighted by Crippen LogP contribution is 2.30. The first kappa shape index (κ1) is 27.7. The summed E-state index contributed by atoms with van der Waals surface area (Å²) in [7, 11) is 1.49. The zero-order valence-corrected chi connectivity index (χ0v) is 23.0. The lowest BCUT2D eigenvalue weighted by atomic mass is 9.90. The molecule has 14 nitrogen and oxygen atoms in total. The van der Waals surface area contributed by atoms with Crippen LogP contribution in [0.3, 0.4) is 0 Å². The van der Waals surface area contributed by atoms with Crippen LogP contribution in [-0.4, -0.2) is 72.0 Å². The number of carbonyl (C=O) groups excluding carboxylic acids is 1. The van der Waals surface area contributed by atoms with Crippen molar-refractivity contribution >= 4 is 29.5 Å². The van der Waals surface area contributed by atoms with Crippen molar-refractivity contribution in [1.29, 1.82) is 5.26 Å². The smallest absolute Gasteiger partial charge is 0.415 e. The van der Waals surface area contributed by atoms with Crippen molar-refractivity contribution in [2.75, 3.05) is 23.9 Å². The number of nitriles is 1. The van der Waals surface area contributed by atoms with Gasteiger partial charge in [-0.05, 0) is 32.6 Å². The molecular weight excluding hydrogens is 550 g/mol. The molecule has 0 spiro atoms. The van der Waals surface area contributed by atoms with Gasteiger partial charge in [-0.3, -0.25) is 15.0 Å². The summed E-state index contributed by atoms with van der Waals surface area (Å²) in [5, 5.41) is 19.9. The van der Waals surface area contributed by atoms with Crippen molar-refractivity contribution in [1.82, 2.24) is 40.1 Å². The first-order valence-corrected chi connectivity index (χ1v) is 13.3. The van der Waals surface area contributed by atoms with Crippen molar-refractivity contribution in [3.05, 3.63) is 47.8 Å². The van der Waals surface area contributed by atoms with Crippen molar-refractivity contribution in [2.45, 2.75) is 44.7 Å². The molecule has 1 aliphatic rings. The maximum atomic E-state index is 13.0. The average Bonchev–Trinajstić information content (AvgIpc) is 3.44. The largest absolute Gasteiger partial charge is 0.467 e. The van der Waals surface area contributed by atoms with Crippen molar-refractivity contribution in [3.63, 3.8) is 0 Å². The van der Waals surface area contributed by atoms with Crippen molar-refractivity contribution in [3.8, 4) is 34.7 Å². The van der Waals surface area contributed by atoms with Crippen LogP contribution >= 0.6 is 11.6 Å². The first-order chi connectivity index (χ1) is 20.0. The Bertz CT molecular complexity index is 1530. The molecule has 4 heterocycles. The molecule has 4 aromatic rings. The summed E-state index contributed by atoms with van der Waals surface area (Å²) in [6.45, 7) is 2.00. The summed E-state index contributed by atoms with van der Waals surface area (Å²) in [5.74, 6) is 0.772. The molecule has 0 radical (unpaired) electrons. The summed E-state index contributed by atoms with van der Waals surface area (Å²) in [4.78, 5) is 40.6. The minimum Gasteiger partial charge on any atom is -0.467 e. The van der Waals surface area contributed by atoms with Crippen molar-refractivity contribution < 1.29 is 14.3 Å². The Kier molecular flexibility index (Phi) is 8.44. The van der Waals surface area contributed by atoms with E-state index in [0.717, 1.165) is 12.8 Å². The number of nitrogens with zero attached hydrogens (tertiary/aromatic N) is 9. The van der Waals surface area contributed by atoms with E-state index in [1.54, 1.807) is 36.6 Å². The van der Waals surface area contributed by atoms with Crippen LogP contribution in [0.4, 0.5) is 16.6 Å². The molecule has 0 unspecified atom stereocenters. The number of ether oxygens (including phenoxy) is 2. The number of rotatable bonds is 8. The van der Waals surface area contributed by atoms with Crippen LogP contribution in [0.15, 0.2) is 37.2 Å². The first-order valence-electron chi connectivity index (χ1n) is 12.9. The highest BCUT2D eigenvalue weighted by molar-refractivity contribution is 6.32. The maximum absolute atomic E-state index is 13.0. The van der Waals surface area contributed by atoms with E-state index in [4.69, 9.17) is 21.1 Å². The Balaban J connectivity index is 1.28. The molecule has 1 aliphatic carbocycles. The van der Waals surface area contributed by atoms with E-state index >= 15 is 0 Å². The number of aromatic amines is 1. The molecule has 1 saturated carbocycles. The molecule has 0 atom stereocenters. The standard InChI is InChI=1S/C26H26ClN11O3/c1-3-41-26(39)38(21-14-29-20(13-30-21)16-10-32-25(40-2)33-11-16)18-6-4-17(5-7-18)35-24-31-9-15(8-28)22(36-24)23-19(27)12-34-37-23/h9-14,17-18H,3-7H2,1-2H3,(H,34,37)(H,31,35,36). The van der Waals surface area contributed by atoms with Crippen LogP contribution in [0, 0.1) is 11.3 Å². The second kappa shape index (κ2) is 12.5. The predicted molar refractivity (Wildman–Crippen MR) is 148 cm³/mol. The molecule has 1 amide bonds. The summed E-state index contributed by atoms with van der Waals surface area (Å²) in [6.07, 6.45) is 11.6. The van der Waals surface area contributed by atoms with Crippen LogP contribution in [-0.2, 0) is 4.74 Å². The Morgan fingerprint density at radius 3 is 2.49 bits per heavy atom. The summed E-state index contributed by atoms with van der Waals surface area (Å²) in [6, 6.07) is 2.25. The van der Waals surface area contributed by atoms with Gasteiger partial charge >= 0.3 is 12.1 Å². The van der Waals surface area contributed by atoms with E-state index < -0.39 is 6.09 Å². The number of methoxy groups -OCH3 is 1. The molecule has 1 fully saturated rings. The van der Waals surface area contributed by atoms with Gasteiger partial charge in [0, 0.05) is 30.0 Å². The molecule has 2 N–H and O–H groups in total. The molecule has 4 aromatic heterocycles. The monoisotopic (exact) mass is 575 g/mol. The topological polar surface area (TPSA) is 181 Å². The van der Waals surface area contributed by atoms with Gasteiger partial charge in [0.2, 0.25) is 5.95 Å². The number of anilines is 2. The van der Waals surface area contributed by atoms with Gasteiger partial charge in [-0.25, -0.2) is 29.7 Å². The number of hydrogen-bond donors (Lipinski definition) is 2. The summed E-state index contributed by atoms with van der Waals surface area (Å²) >= 11 is 6.20. The Morgan fingerprint density at radius 2 is 1.88 bits per heavy atom. The van der Waals surface area contributed by atoms with Gasteiger partial charge in [-0.2, -0.15) is 10.4 Å². The number of aromatic nitrogens is 8. The van der Waals surface area contributed by atoms with Gasteiger partial charge in [0.15, 0.2) is 5.82 Å². The van der Waals surface area contributed by atoms with Gasteiger partial charge in [0.25, 0.3) is 0 Å². The molecule has 0 aromatic carbocycles. The third kappa shape index (κ3) is 6.15. The predicted octanol–water partition coefficient (Wildman–Crippen LogP) is 4.03. The number of H-pyrrole nitrogens is 1. The lowest BCUT2D eigenvalue weighted by molar-refractivity contribution is 0.154. The van der Waals surface area contributed by atoms with Gasteiger partial charge in [-0.15, -0.1) is 0 Å². The fourth-order valence-corrected chi connectivity index (χ4v) is 4.77. The molecular formula is C26H26ClN11O3. The SMILES string of the molecule is CCOC(=O)N(c1cnc(-c2cnc(OC)nc2)cn1)C1CCC(Nc2ncc(C#N)c(-c3[nH]ncc3Cl)n2)CC1. The molecule has 0 saturated heterocycles. The van der Waals surface area contributed by atoms with E-state index in [2.05, 4.69) is 51.5 Å². The fourth-order valence-electron chi connectivity index (χ4n) is 4.59. The van der Waals surface area contributed by atoms with Crippen LogP contribution in [0.2, 0.25) is 5.02 Å². The zero-order valence-electron chi connectivity index (χ0n) is 22.3. The number of hydrogen-bond acceptors (Lipinski definition) is 12. The van der Waals surface area contributed by atoms with E-state index in [9.17, 15) is 10.1 Å². The average molecular weight is 576 g/mol. The molecule has 15 heteroatoms. The molecule has 0 aliphatic heterocycles. The molecule has 41 heavy (non-hydrogen) atoms. The highest BCUT2D eigenvalue weighted by Gasteiger charge is 2.32. The van der Waals surface area contributed by atoms with Gasteiger partial charge in [0.05, 0.1) is 54.8 Å². The van der Waals surface area contributed by atoms with Crippen LogP contribution < -0.4 is 15.0 Å². The minimum absolute atomic E-state index is 0.0526. The zero-order chi connectivity index (χ0) is 28.8. The van der Waals surface area contributed by atoms with Crippen LogP contribution in [0.5, 0.6) is 6.01 Å². The Morgan fingerprint density at radius 1 is 1.10 bits per heavy atom. The second-order valence-electron chi connectivity index (χ2n) is 9.10. The Hall–Kier alpha value is -4.90. The quantitative estimate of drug-likeness (QED) is 0.308. The van der Waals surface area contributed by atoms with Gasteiger partial charge in [0.1, 0.15) is 17.5 Å². The fraction of sp³-hybridized carbons (Fsp3) is 0.346. The van der Waals surface area contributed by atoms with Gasteiger partial charge in [-0.1, -0.05) is 11.6 Å². The van der Waals surface area contributed by atoms with Crippen molar-refractivity contribution in [2.24, 2.45) is 0 Å². The number of halogens is 1. The second-order valence-corrected chi connectivity index (χ2v) is 9.50. The molecule has 0 bridgehead atoms. The lowest BCUT2D eigenvalue weighted by Gasteiger charge is -2.35. The van der Waals surface area contributed by atoms with E-state index in [-0.39, 0.29) is 30.3 Å². The number of amides is 1. The number of nitrogens with one attached hydrogen (secondary N) is 2. The third-order valence-electron chi connectivity index (χ3n) is 6.59. The van der Waals surface area contributed by atoms with Gasteiger partial charge < -0.3 is 14.8 Å². The molecule has 210 valence electrons. The molecule has 5 rings (SSSR count). The summed E-state index contributed by atoms with van der Waals surface area (Å²) in [5.41, 5.74) is 2.34. The Labute approximate surface area is 240 Å². The summed E-state index contributed by atoms with van der Waals surface area (Å²) < 4.78 is 10.4. The minimum atomic E-state index is -0.477.